The van der Waals surface area contributed by atoms with Crippen LogP contribution in [0.15, 0.2) is 65.9 Å². The van der Waals surface area contributed by atoms with Gasteiger partial charge in [0, 0.05) is 11.3 Å². The van der Waals surface area contributed by atoms with Crippen molar-refractivity contribution in [3.05, 3.63) is 77.0 Å². The molecule has 0 aromatic heterocycles. The number of amides is 2. The minimum absolute atomic E-state index is 0.0781. The molecule has 0 aliphatic carbocycles. The fraction of sp³-hybridized carbons (Fsp3) is 0.200. The molecule has 0 radical (unpaired) electrons. The van der Waals surface area contributed by atoms with Crippen LogP contribution >= 0.6 is 0 Å². The van der Waals surface area contributed by atoms with Crippen molar-refractivity contribution in [1.29, 1.82) is 0 Å². The Morgan fingerprint density at radius 2 is 1.88 bits per heavy atom. The van der Waals surface area contributed by atoms with E-state index in [2.05, 4.69) is 10.6 Å². The molecule has 1 aliphatic heterocycles. The van der Waals surface area contributed by atoms with E-state index in [1.165, 1.54) is 6.92 Å². The highest BCUT2D eigenvalue weighted by Crippen LogP contribution is 2.29. The predicted molar refractivity (Wildman–Crippen MR) is 95.0 cm³/mol. The molecule has 2 aromatic rings. The first kappa shape index (κ1) is 16.8. The first-order valence-electron chi connectivity index (χ1n) is 8.10. The molecule has 1 unspecified atom stereocenters. The summed E-state index contributed by atoms with van der Waals surface area (Å²) in [6.07, 6.45) is 0. The van der Waals surface area contributed by atoms with E-state index in [1.54, 1.807) is 6.92 Å². The van der Waals surface area contributed by atoms with E-state index in [0.29, 0.717) is 23.6 Å². The van der Waals surface area contributed by atoms with Gasteiger partial charge in [0.05, 0.1) is 6.04 Å². The molecule has 0 spiro atoms. The number of hydrogen-bond donors (Lipinski definition) is 2. The monoisotopic (exact) mass is 336 g/mol. The lowest BCUT2D eigenvalue weighted by molar-refractivity contribution is -0.114. The third-order valence-corrected chi connectivity index (χ3v) is 4.09. The van der Waals surface area contributed by atoms with E-state index in [0.717, 1.165) is 11.1 Å². The Balaban J connectivity index is 1.84. The highest BCUT2D eigenvalue weighted by Gasteiger charge is 2.29. The Kier molecular flexibility index (Phi) is 4.84. The Bertz CT molecular complexity index is 828. The van der Waals surface area contributed by atoms with Crippen molar-refractivity contribution in [2.24, 2.45) is 0 Å². The van der Waals surface area contributed by atoms with Crippen molar-refractivity contribution >= 4 is 11.8 Å². The summed E-state index contributed by atoms with van der Waals surface area (Å²) >= 11 is 0. The summed E-state index contributed by atoms with van der Waals surface area (Å²) in [6.45, 7) is 3.69. The predicted octanol–water partition coefficient (Wildman–Crippen LogP) is 3.48. The van der Waals surface area contributed by atoms with Crippen LogP contribution in [0.3, 0.4) is 0 Å². The van der Waals surface area contributed by atoms with Gasteiger partial charge in [-0.3, -0.25) is 4.79 Å². The van der Waals surface area contributed by atoms with Gasteiger partial charge in [-0.2, -0.15) is 0 Å². The van der Waals surface area contributed by atoms with Crippen LogP contribution < -0.4 is 15.4 Å². The number of rotatable bonds is 5. The Morgan fingerprint density at radius 1 is 1.12 bits per heavy atom. The van der Waals surface area contributed by atoms with Gasteiger partial charge < -0.3 is 15.4 Å². The molecule has 5 heteroatoms. The van der Waals surface area contributed by atoms with Crippen LogP contribution in [0.25, 0.3) is 0 Å². The molecule has 2 aromatic carbocycles. The lowest BCUT2D eigenvalue weighted by Crippen LogP contribution is -2.44. The number of allylic oxidation sites excluding steroid dienone is 1. The molecule has 0 bridgehead atoms. The maximum Gasteiger partial charge on any atom is 0.319 e. The largest absolute Gasteiger partial charge is 0.489 e. The van der Waals surface area contributed by atoms with E-state index >= 15 is 0 Å². The third-order valence-electron chi connectivity index (χ3n) is 4.09. The summed E-state index contributed by atoms with van der Waals surface area (Å²) in [5.74, 6) is 0.611. The molecular formula is C20H20N2O3. The fourth-order valence-corrected chi connectivity index (χ4v) is 2.94. The standard InChI is InChI=1S/C20H20N2O3/c1-13-18(14(2)23)19(22-20(24)21-13)16-9-6-10-17(11-16)25-12-15-7-4-3-5-8-15/h3-11,19H,12H2,1-2H3,(H2,21,22,24). The summed E-state index contributed by atoms with van der Waals surface area (Å²) in [4.78, 5) is 23.8. The van der Waals surface area contributed by atoms with E-state index < -0.39 is 6.04 Å². The number of benzene rings is 2. The average Bonchev–Trinajstić information content (AvgIpc) is 2.60. The zero-order valence-corrected chi connectivity index (χ0v) is 14.2. The van der Waals surface area contributed by atoms with Gasteiger partial charge >= 0.3 is 6.03 Å². The first-order valence-corrected chi connectivity index (χ1v) is 8.10. The fourth-order valence-electron chi connectivity index (χ4n) is 2.94. The van der Waals surface area contributed by atoms with Gasteiger partial charge in [0.2, 0.25) is 0 Å². The van der Waals surface area contributed by atoms with E-state index in [1.807, 2.05) is 54.6 Å². The number of ketones is 1. The summed E-state index contributed by atoms with van der Waals surface area (Å²) in [6, 6.07) is 16.5. The summed E-state index contributed by atoms with van der Waals surface area (Å²) in [5.41, 5.74) is 3.02. The molecule has 0 saturated carbocycles. The second kappa shape index (κ2) is 7.21. The molecule has 0 saturated heterocycles. The van der Waals surface area contributed by atoms with Gasteiger partial charge in [0.25, 0.3) is 0 Å². The second-order valence-electron chi connectivity index (χ2n) is 5.97. The Hall–Kier alpha value is -3.08. The third kappa shape index (κ3) is 3.88. The van der Waals surface area contributed by atoms with Crippen molar-refractivity contribution in [2.75, 3.05) is 0 Å². The van der Waals surface area contributed by atoms with E-state index in [4.69, 9.17) is 4.74 Å². The molecule has 5 nitrogen and oxygen atoms in total. The minimum atomic E-state index is -0.480. The quantitative estimate of drug-likeness (QED) is 0.878. The topological polar surface area (TPSA) is 67.4 Å². The summed E-state index contributed by atoms with van der Waals surface area (Å²) in [7, 11) is 0. The van der Waals surface area contributed by atoms with Gasteiger partial charge in [-0.25, -0.2) is 4.79 Å². The average molecular weight is 336 g/mol. The van der Waals surface area contributed by atoms with Crippen molar-refractivity contribution in [1.82, 2.24) is 10.6 Å². The Labute approximate surface area is 146 Å². The SMILES string of the molecule is CC(=O)C1=C(C)NC(=O)NC1c1cccc(OCc2ccccc2)c1. The minimum Gasteiger partial charge on any atom is -0.489 e. The lowest BCUT2D eigenvalue weighted by Gasteiger charge is -2.28. The molecule has 1 atom stereocenters. The first-order chi connectivity index (χ1) is 12.0. The maximum atomic E-state index is 12.0. The molecule has 3 rings (SSSR count). The van der Waals surface area contributed by atoms with Crippen LogP contribution in [0, 0.1) is 0 Å². The van der Waals surface area contributed by atoms with Gasteiger partial charge in [-0.15, -0.1) is 0 Å². The number of nitrogens with one attached hydrogen (secondary N) is 2. The summed E-state index contributed by atoms with van der Waals surface area (Å²) < 4.78 is 5.84. The number of Topliss-reactive ketones (excluding diaryl/α,β-unsaturated/α-hetero) is 1. The van der Waals surface area contributed by atoms with Crippen LogP contribution in [0.2, 0.25) is 0 Å². The number of urea groups is 1. The van der Waals surface area contributed by atoms with Gasteiger partial charge in [0.1, 0.15) is 12.4 Å². The highest BCUT2D eigenvalue weighted by atomic mass is 16.5. The van der Waals surface area contributed by atoms with Gasteiger partial charge in [-0.05, 0) is 37.1 Å². The molecule has 0 fully saturated rings. The van der Waals surface area contributed by atoms with E-state index in [9.17, 15) is 9.59 Å². The van der Waals surface area contributed by atoms with Crippen LogP contribution in [-0.2, 0) is 11.4 Å². The number of ether oxygens (including phenoxy) is 1. The Morgan fingerprint density at radius 3 is 2.60 bits per heavy atom. The number of hydrogen-bond acceptors (Lipinski definition) is 3. The maximum absolute atomic E-state index is 12.0. The highest BCUT2D eigenvalue weighted by molar-refractivity contribution is 5.98. The van der Waals surface area contributed by atoms with Crippen molar-refractivity contribution < 1.29 is 14.3 Å². The van der Waals surface area contributed by atoms with Crippen LogP contribution in [-0.4, -0.2) is 11.8 Å². The second-order valence-corrected chi connectivity index (χ2v) is 5.97. The van der Waals surface area contributed by atoms with Crippen molar-refractivity contribution in [3.8, 4) is 5.75 Å². The molecule has 128 valence electrons. The van der Waals surface area contributed by atoms with Gasteiger partial charge in [0.15, 0.2) is 5.78 Å². The smallest absolute Gasteiger partial charge is 0.319 e. The van der Waals surface area contributed by atoms with Crippen molar-refractivity contribution in [3.63, 3.8) is 0 Å². The molecular weight excluding hydrogens is 316 g/mol. The van der Waals surface area contributed by atoms with E-state index in [-0.39, 0.29) is 11.8 Å². The van der Waals surface area contributed by atoms with Gasteiger partial charge in [-0.1, -0.05) is 42.5 Å². The number of carbonyl (C=O) groups is 2. The zero-order chi connectivity index (χ0) is 17.8. The van der Waals surface area contributed by atoms with Crippen LogP contribution in [0.4, 0.5) is 4.79 Å². The molecule has 1 aliphatic rings. The van der Waals surface area contributed by atoms with Crippen LogP contribution in [0.5, 0.6) is 5.75 Å². The number of carbonyl (C=O) groups excluding carboxylic acids is 2. The van der Waals surface area contributed by atoms with Crippen molar-refractivity contribution in [2.45, 2.75) is 26.5 Å². The molecule has 2 amide bonds. The summed E-state index contributed by atoms with van der Waals surface area (Å²) in [5, 5.41) is 5.46. The lowest BCUT2D eigenvalue weighted by atomic mass is 9.93. The normalized spacial score (nSPS) is 16.9. The zero-order valence-electron chi connectivity index (χ0n) is 14.2. The molecule has 1 heterocycles. The van der Waals surface area contributed by atoms with Crippen LogP contribution in [0.1, 0.15) is 31.0 Å². The molecule has 2 N–H and O–H groups in total. The molecule has 25 heavy (non-hydrogen) atoms.